The summed E-state index contributed by atoms with van der Waals surface area (Å²) in [5.74, 6) is -0.0673. The fourth-order valence-electron chi connectivity index (χ4n) is 2.19. The number of carbonyl (C=O) groups is 1. The van der Waals surface area contributed by atoms with E-state index in [0.29, 0.717) is 5.56 Å². The van der Waals surface area contributed by atoms with Gasteiger partial charge in [0.1, 0.15) is 0 Å². The summed E-state index contributed by atoms with van der Waals surface area (Å²) in [5, 5.41) is 6.02. The van der Waals surface area contributed by atoms with Gasteiger partial charge >= 0.3 is 0 Å². The third-order valence-electron chi connectivity index (χ3n) is 3.42. The van der Waals surface area contributed by atoms with Crippen molar-refractivity contribution in [3.8, 4) is 0 Å². The molecule has 1 aromatic heterocycles. The molecule has 0 saturated heterocycles. The Kier molecular flexibility index (Phi) is 5.32. The quantitative estimate of drug-likeness (QED) is 0.857. The summed E-state index contributed by atoms with van der Waals surface area (Å²) in [4.78, 5) is 16.3. The molecule has 0 aliphatic rings. The van der Waals surface area contributed by atoms with Gasteiger partial charge in [0.05, 0.1) is 17.4 Å². The third-order valence-corrected chi connectivity index (χ3v) is 3.42. The summed E-state index contributed by atoms with van der Waals surface area (Å²) < 4.78 is 0. The van der Waals surface area contributed by atoms with Crippen LogP contribution in [0.2, 0.25) is 0 Å². The first kappa shape index (κ1) is 15.0. The lowest BCUT2D eigenvalue weighted by Gasteiger charge is -2.15. The molecule has 1 amide bonds. The van der Waals surface area contributed by atoms with E-state index >= 15 is 0 Å². The Hall–Kier alpha value is -2.36. The molecule has 2 rings (SSSR count). The highest BCUT2D eigenvalue weighted by molar-refractivity contribution is 5.99. The van der Waals surface area contributed by atoms with Gasteiger partial charge < -0.3 is 10.6 Å². The number of aromatic nitrogens is 1. The molecular formula is C17H21N3O. The van der Waals surface area contributed by atoms with Crippen molar-refractivity contribution in [2.24, 2.45) is 0 Å². The number of hydrogen-bond acceptors (Lipinski definition) is 3. The summed E-state index contributed by atoms with van der Waals surface area (Å²) in [6, 6.07) is 12.1. The summed E-state index contributed by atoms with van der Waals surface area (Å²) in [6.07, 6.45) is 5.15. The van der Waals surface area contributed by atoms with Crippen LogP contribution < -0.4 is 10.6 Å². The van der Waals surface area contributed by atoms with Crippen LogP contribution in [0.1, 0.15) is 29.3 Å². The highest BCUT2D eigenvalue weighted by Gasteiger charge is 2.13. The van der Waals surface area contributed by atoms with Gasteiger partial charge in [-0.2, -0.15) is 0 Å². The largest absolute Gasteiger partial charge is 0.386 e. The molecule has 0 saturated carbocycles. The molecule has 0 radical (unpaired) electrons. The standard InChI is InChI=1S/C17H21N3O/c1-13(8-9-14-6-4-3-5-7-14)20-17(21)15-10-11-19-12-16(15)18-2/h3-7,10-13,18H,8-9H2,1-2H3,(H,20,21). The van der Waals surface area contributed by atoms with Gasteiger partial charge in [0.15, 0.2) is 0 Å². The monoisotopic (exact) mass is 283 g/mol. The topological polar surface area (TPSA) is 54.0 Å². The van der Waals surface area contributed by atoms with E-state index in [1.807, 2.05) is 25.1 Å². The van der Waals surface area contributed by atoms with E-state index < -0.39 is 0 Å². The van der Waals surface area contributed by atoms with Crippen molar-refractivity contribution in [2.45, 2.75) is 25.8 Å². The van der Waals surface area contributed by atoms with E-state index in [0.717, 1.165) is 18.5 Å². The minimum Gasteiger partial charge on any atom is -0.386 e. The number of aryl methyl sites for hydroxylation is 1. The minimum atomic E-state index is -0.0673. The first-order valence-corrected chi connectivity index (χ1v) is 7.17. The molecule has 0 bridgehead atoms. The van der Waals surface area contributed by atoms with Crippen LogP contribution in [0.5, 0.6) is 0 Å². The lowest BCUT2D eigenvalue weighted by Crippen LogP contribution is -2.33. The van der Waals surface area contributed by atoms with Gasteiger partial charge in [-0.1, -0.05) is 30.3 Å². The molecule has 2 N–H and O–H groups in total. The summed E-state index contributed by atoms with van der Waals surface area (Å²) in [6.45, 7) is 2.03. The van der Waals surface area contributed by atoms with Crippen molar-refractivity contribution in [1.82, 2.24) is 10.3 Å². The zero-order chi connectivity index (χ0) is 15.1. The second-order valence-corrected chi connectivity index (χ2v) is 5.07. The van der Waals surface area contributed by atoms with E-state index in [1.54, 1.807) is 25.5 Å². The zero-order valence-corrected chi connectivity index (χ0v) is 12.5. The van der Waals surface area contributed by atoms with Crippen molar-refractivity contribution < 1.29 is 4.79 Å². The Morgan fingerprint density at radius 2 is 2.00 bits per heavy atom. The second-order valence-electron chi connectivity index (χ2n) is 5.07. The molecule has 4 heteroatoms. The number of anilines is 1. The van der Waals surface area contributed by atoms with Crippen molar-refractivity contribution in [3.63, 3.8) is 0 Å². The van der Waals surface area contributed by atoms with Gasteiger partial charge in [0.25, 0.3) is 5.91 Å². The van der Waals surface area contributed by atoms with Crippen LogP contribution in [0.25, 0.3) is 0 Å². The molecule has 1 aromatic carbocycles. The molecule has 0 spiro atoms. The number of nitrogens with zero attached hydrogens (tertiary/aromatic N) is 1. The smallest absolute Gasteiger partial charge is 0.253 e. The van der Waals surface area contributed by atoms with Crippen LogP contribution in [0.4, 0.5) is 5.69 Å². The molecule has 1 heterocycles. The molecule has 1 atom stereocenters. The third kappa shape index (κ3) is 4.31. The first-order valence-electron chi connectivity index (χ1n) is 7.17. The molecule has 21 heavy (non-hydrogen) atoms. The predicted molar refractivity (Wildman–Crippen MR) is 85.5 cm³/mol. The van der Waals surface area contributed by atoms with E-state index in [2.05, 4.69) is 27.8 Å². The number of amides is 1. The van der Waals surface area contributed by atoms with Crippen molar-refractivity contribution in [1.29, 1.82) is 0 Å². The molecule has 1 unspecified atom stereocenters. The molecule has 0 aliphatic heterocycles. The van der Waals surface area contributed by atoms with Gasteiger partial charge in [-0.25, -0.2) is 0 Å². The SMILES string of the molecule is CNc1cnccc1C(=O)NC(C)CCc1ccccc1. The first-order chi connectivity index (χ1) is 10.2. The molecule has 0 fully saturated rings. The molecular weight excluding hydrogens is 262 g/mol. The van der Waals surface area contributed by atoms with Crippen LogP contribution in [0.15, 0.2) is 48.8 Å². The fourth-order valence-corrected chi connectivity index (χ4v) is 2.19. The van der Waals surface area contributed by atoms with Gasteiger partial charge in [0, 0.05) is 19.3 Å². The Morgan fingerprint density at radius 3 is 2.71 bits per heavy atom. The lowest BCUT2D eigenvalue weighted by atomic mass is 10.1. The van der Waals surface area contributed by atoms with Crippen LogP contribution in [-0.2, 0) is 6.42 Å². The van der Waals surface area contributed by atoms with Crippen molar-refractivity contribution in [3.05, 3.63) is 59.9 Å². The highest BCUT2D eigenvalue weighted by Crippen LogP contribution is 2.13. The van der Waals surface area contributed by atoms with E-state index in [4.69, 9.17) is 0 Å². The van der Waals surface area contributed by atoms with E-state index in [1.165, 1.54) is 5.56 Å². The molecule has 4 nitrogen and oxygen atoms in total. The Bertz CT molecular complexity index is 584. The number of carbonyl (C=O) groups excluding carboxylic acids is 1. The summed E-state index contributed by atoms with van der Waals surface area (Å²) in [7, 11) is 1.78. The predicted octanol–water partition coefficient (Wildman–Crippen LogP) is 2.87. The second kappa shape index (κ2) is 7.43. The highest BCUT2D eigenvalue weighted by atomic mass is 16.1. The van der Waals surface area contributed by atoms with Crippen LogP contribution >= 0.6 is 0 Å². The molecule has 110 valence electrons. The van der Waals surface area contributed by atoms with Gasteiger partial charge in [0.2, 0.25) is 0 Å². The van der Waals surface area contributed by atoms with Gasteiger partial charge in [-0.3, -0.25) is 9.78 Å². The normalized spacial score (nSPS) is 11.7. The maximum absolute atomic E-state index is 12.3. The van der Waals surface area contributed by atoms with Crippen LogP contribution in [-0.4, -0.2) is 24.0 Å². The Labute approximate surface area is 125 Å². The van der Waals surface area contributed by atoms with Crippen LogP contribution in [0, 0.1) is 0 Å². The maximum atomic E-state index is 12.3. The lowest BCUT2D eigenvalue weighted by molar-refractivity contribution is 0.0939. The van der Waals surface area contributed by atoms with Gasteiger partial charge in [-0.15, -0.1) is 0 Å². The van der Waals surface area contributed by atoms with Crippen LogP contribution in [0.3, 0.4) is 0 Å². The van der Waals surface area contributed by atoms with E-state index in [9.17, 15) is 4.79 Å². The van der Waals surface area contributed by atoms with Crippen molar-refractivity contribution >= 4 is 11.6 Å². The molecule has 2 aromatic rings. The van der Waals surface area contributed by atoms with Crippen molar-refractivity contribution in [2.75, 3.05) is 12.4 Å². The van der Waals surface area contributed by atoms with Gasteiger partial charge in [-0.05, 0) is 31.4 Å². The fraction of sp³-hybridized carbons (Fsp3) is 0.294. The average Bonchev–Trinajstić information content (AvgIpc) is 2.53. The summed E-state index contributed by atoms with van der Waals surface area (Å²) in [5.41, 5.74) is 2.66. The molecule has 0 aliphatic carbocycles. The average molecular weight is 283 g/mol. The number of nitrogens with one attached hydrogen (secondary N) is 2. The number of hydrogen-bond donors (Lipinski definition) is 2. The number of pyridine rings is 1. The maximum Gasteiger partial charge on any atom is 0.253 e. The number of rotatable bonds is 6. The number of benzene rings is 1. The zero-order valence-electron chi connectivity index (χ0n) is 12.5. The van der Waals surface area contributed by atoms with E-state index in [-0.39, 0.29) is 11.9 Å². The Balaban J connectivity index is 1.90. The summed E-state index contributed by atoms with van der Waals surface area (Å²) >= 11 is 0. The Morgan fingerprint density at radius 1 is 1.24 bits per heavy atom. The minimum absolute atomic E-state index is 0.0673.